The molecule has 2 amide bonds. The molecule has 2 aromatic carbocycles. The Hall–Kier alpha value is -3.53. The van der Waals surface area contributed by atoms with Crippen molar-refractivity contribution in [2.24, 2.45) is 0 Å². The molecule has 7 heteroatoms. The molecule has 0 aromatic heterocycles. The predicted octanol–water partition coefficient (Wildman–Crippen LogP) is 2.09. The number of nitrogens with one attached hydrogen (secondary N) is 2. The Morgan fingerprint density at radius 3 is 2.64 bits per heavy atom. The number of carbonyl (C=O) groups excluding carboxylic acids is 2. The van der Waals surface area contributed by atoms with Crippen molar-refractivity contribution in [1.29, 1.82) is 5.26 Å². The summed E-state index contributed by atoms with van der Waals surface area (Å²) in [6.07, 6.45) is 0. The van der Waals surface area contributed by atoms with Crippen LogP contribution in [0.25, 0.3) is 0 Å². The molecule has 0 radical (unpaired) electrons. The second-order valence-electron chi connectivity index (χ2n) is 5.27. The second kappa shape index (κ2) is 7.84. The summed E-state index contributed by atoms with van der Waals surface area (Å²) < 4.78 is 5.08. The van der Waals surface area contributed by atoms with Crippen LogP contribution in [0, 0.1) is 11.3 Å². The van der Waals surface area contributed by atoms with Crippen molar-refractivity contribution in [2.45, 2.75) is 13.0 Å². The molecule has 7 nitrogen and oxygen atoms in total. The molecule has 2 rings (SSSR count). The van der Waals surface area contributed by atoms with Gasteiger partial charge >= 0.3 is 11.8 Å². The van der Waals surface area contributed by atoms with E-state index in [1.807, 2.05) is 6.07 Å². The molecule has 1 atom stereocenters. The first-order valence-electron chi connectivity index (χ1n) is 7.43. The molecular weight excluding hydrogens is 322 g/mol. The number of hydrogen-bond donors (Lipinski definition) is 3. The van der Waals surface area contributed by atoms with Crippen LogP contribution >= 0.6 is 0 Å². The van der Waals surface area contributed by atoms with Gasteiger partial charge in [-0.05, 0) is 43.3 Å². The van der Waals surface area contributed by atoms with E-state index in [0.717, 1.165) is 0 Å². The number of aromatic hydroxyl groups is 1. The van der Waals surface area contributed by atoms with E-state index in [1.54, 1.807) is 37.3 Å². The van der Waals surface area contributed by atoms with Gasteiger partial charge in [0.2, 0.25) is 0 Å². The monoisotopic (exact) mass is 339 g/mol. The minimum atomic E-state index is -0.871. The van der Waals surface area contributed by atoms with Crippen molar-refractivity contribution >= 4 is 17.5 Å². The van der Waals surface area contributed by atoms with Crippen molar-refractivity contribution in [3.63, 3.8) is 0 Å². The van der Waals surface area contributed by atoms with Gasteiger partial charge in [-0.3, -0.25) is 9.59 Å². The molecule has 0 aliphatic rings. The van der Waals surface area contributed by atoms with E-state index >= 15 is 0 Å². The fourth-order valence-corrected chi connectivity index (χ4v) is 2.20. The van der Waals surface area contributed by atoms with Gasteiger partial charge in [0.25, 0.3) is 0 Å². The highest BCUT2D eigenvalue weighted by Gasteiger charge is 2.19. The van der Waals surface area contributed by atoms with Crippen molar-refractivity contribution in [2.75, 3.05) is 12.4 Å². The maximum atomic E-state index is 12.1. The number of amides is 2. The summed E-state index contributed by atoms with van der Waals surface area (Å²) in [5.74, 6) is -1.23. The first-order chi connectivity index (χ1) is 11.9. The lowest BCUT2D eigenvalue weighted by Crippen LogP contribution is -2.36. The third-order valence-corrected chi connectivity index (χ3v) is 3.50. The molecule has 0 aliphatic heterocycles. The quantitative estimate of drug-likeness (QED) is 0.739. The summed E-state index contributed by atoms with van der Waals surface area (Å²) in [5.41, 5.74) is 1.14. The van der Waals surface area contributed by atoms with Crippen LogP contribution in [0.3, 0.4) is 0 Å². The summed E-state index contributed by atoms with van der Waals surface area (Å²) >= 11 is 0. The number of ether oxygens (including phenoxy) is 1. The number of benzene rings is 2. The summed E-state index contributed by atoms with van der Waals surface area (Å²) in [5, 5.41) is 23.7. The van der Waals surface area contributed by atoms with E-state index in [9.17, 15) is 14.7 Å². The van der Waals surface area contributed by atoms with Crippen LogP contribution in [0.5, 0.6) is 11.5 Å². The average Bonchev–Trinajstić information content (AvgIpc) is 2.62. The first-order valence-corrected chi connectivity index (χ1v) is 7.43. The molecule has 0 heterocycles. The summed E-state index contributed by atoms with van der Waals surface area (Å²) in [4.78, 5) is 24.0. The summed E-state index contributed by atoms with van der Waals surface area (Å²) in [7, 11) is 1.49. The fraction of sp³-hybridized carbons (Fsp3) is 0.167. The third kappa shape index (κ3) is 4.48. The van der Waals surface area contributed by atoms with Gasteiger partial charge in [-0.1, -0.05) is 6.07 Å². The number of hydrogen-bond acceptors (Lipinski definition) is 5. The molecule has 3 N–H and O–H groups in total. The number of rotatable bonds is 4. The number of nitriles is 1. The lowest BCUT2D eigenvalue weighted by molar-refractivity contribution is -0.136. The summed E-state index contributed by atoms with van der Waals surface area (Å²) in [6, 6.07) is 12.2. The largest absolute Gasteiger partial charge is 0.508 e. The Balaban J connectivity index is 2.05. The maximum Gasteiger partial charge on any atom is 0.313 e. The third-order valence-electron chi connectivity index (χ3n) is 3.50. The predicted molar refractivity (Wildman–Crippen MR) is 91.0 cm³/mol. The zero-order chi connectivity index (χ0) is 18.4. The van der Waals surface area contributed by atoms with Gasteiger partial charge in [-0.25, -0.2) is 0 Å². The second-order valence-corrected chi connectivity index (χ2v) is 5.27. The standard InChI is InChI=1S/C18H17N3O4/c1-11(15-9-14(25-2)6-7-16(15)22)20-17(23)18(24)21-13-5-3-4-12(8-13)10-19/h3-9,11,22H,1-2H3,(H,20,23)(H,21,24)/t11-/m1/s1. The van der Waals surface area contributed by atoms with E-state index < -0.39 is 17.9 Å². The van der Waals surface area contributed by atoms with Crippen molar-refractivity contribution in [1.82, 2.24) is 5.32 Å². The van der Waals surface area contributed by atoms with Gasteiger partial charge < -0.3 is 20.5 Å². The average molecular weight is 339 g/mol. The maximum absolute atomic E-state index is 12.1. The zero-order valence-corrected chi connectivity index (χ0v) is 13.7. The smallest absolute Gasteiger partial charge is 0.313 e. The van der Waals surface area contributed by atoms with Crippen LogP contribution in [-0.4, -0.2) is 24.0 Å². The van der Waals surface area contributed by atoms with Crippen molar-refractivity contribution in [3.8, 4) is 17.6 Å². The van der Waals surface area contributed by atoms with Crippen LogP contribution in [0.1, 0.15) is 24.1 Å². The molecule has 128 valence electrons. The number of nitrogens with zero attached hydrogens (tertiary/aromatic N) is 1. The highest BCUT2D eigenvalue weighted by molar-refractivity contribution is 6.39. The number of methoxy groups -OCH3 is 1. The van der Waals surface area contributed by atoms with Crippen LogP contribution in [0.4, 0.5) is 5.69 Å². The normalized spacial score (nSPS) is 11.1. The van der Waals surface area contributed by atoms with E-state index in [1.165, 1.54) is 19.2 Å². The number of carbonyl (C=O) groups is 2. The highest BCUT2D eigenvalue weighted by Crippen LogP contribution is 2.28. The Labute approximate surface area is 144 Å². The van der Waals surface area contributed by atoms with Crippen LogP contribution in [0.15, 0.2) is 42.5 Å². The van der Waals surface area contributed by atoms with Crippen LogP contribution in [-0.2, 0) is 9.59 Å². The van der Waals surface area contributed by atoms with E-state index in [-0.39, 0.29) is 5.75 Å². The minimum absolute atomic E-state index is 0.0178. The highest BCUT2D eigenvalue weighted by atomic mass is 16.5. The Kier molecular flexibility index (Phi) is 5.58. The minimum Gasteiger partial charge on any atom is -0.508 e. The molecule has 0 aliphatic carbocycles. The van der Waals surface area contributed by atoms with Gasteiger partial charge in [0, 0.05) is 11.3 Å². The van der Waals surface area contributed by atoms with E-state index in [2.05, 4.69) is 10.6 Å². The molecule has 0 saturated carbocycles. The number of phenols is 1. The molecule has 0 saturated heterocycles. The molecular formula is C18H17N3O4. The van der Waals surface area contributed by atoms with E-state index in [0.29, 0.717) is 22.6 Å². The zero-order valence-electron chi connectivity index (χ0n) is 13.7. The van der Waals surface area contributed by atoms with Gasteiger partial charge in [0.1, 0.15) is 11.5 Å². The van der Waals surface area contributed by atoms with Crippen molar-refractivity contribution in [3.05, 3.63) is 53.6 Å². The first kappa shape index (κ1) is 17.8. The molecule has 0 fully saturated rings. The van der Waals surface area contributed by atoms with E-state index in [4.69, 9.17) is 10.00 Å². The topological polar surface area (TPSA) is 111 Å². The molecule has 2 aromatic rings. The Morgan fingerprint density at radius 2 is 1.96 bits per heavy atom. The molecule has 25 heavy (non-hydrogen) atoms. The van der Waals surface area contributed by atoms with Crippen LogP contribution in [0.2, 0.25) is 0 Å². The SMILES string of the molecule is COc1ccc(O)c([C@@H](C)NC(=O)C(=O)Nc2cccc(C#N)c2)c1. The lowest BCUT2D eigenvalue weighted by atomic mass is 10.1. The Bertz CT molecular complexity index is 842. The number of phenolic OH excluding ortho intramolecular Hbond substituents is 1. The van der Waals surface area contributed by atoms with Crippen molar-refractivity contribution < 1.29 is 19.4 Å². The number of anilines is 1. The van der Waals surface area contributed by atoms with Gasteiger partial charge in [0.15, 0.2) is 0 Å². The van der Waals surface area contributed by atoms with Crippen LogP contribution < -0.4 is 15.4 Å². The van der Waals surface area contributed by atoms with Gasteiger partial charge in [0.05, 0.1) is 24.8 Å². The molecule has 0 unspecified atom stereocenters. The fourth-order valence-electron chi connectivity index (χ4n) is 2.20. The Morgan fingerprint density at radius 1 is 1.20 bits per heavy atom. The summed E-state index contributed by atoms with van der Waals surface area (Å²) in [6.45, 7) is 1.63. The van der Waals surface area contributed by atoms with Gasteiger partial charge in [-0.2, -0.15) is 5.26 Å². The lowest BCUT2D eigenvalue weighted by Gasteiger charge is -2.16. The van der Waals surface area contributed by atoms with Gasteiger partial charge in [-0.15, -0.1) is 0 Å². The molecule has 0 spiro atoms. The molecule has 0 bridgehead atoms.